The van der Waals surface area contributed by atoms with Crippen LogP contribution in [0.2, 0.25) is 5.02 Å². The first-order valence-electron chi connectivity index (χ1n) is 11.2. The number of halogens is 1. The van der Waals surface area contributed by atoms with Crippen molar-refractivity contribution in [3.05, 3.63) is 103 Å². The third kappa shape index (κ3) is 6.19. The molecule has 0 spiro atoms. The fourth-order valence-corrected chi connectivity index (χ4v) is 4.27. The molecule has 0 aliphatic rings. The lowest BCUT2D eigenvalue weighted by molar-refractivity contribution is 0.0375. The zero-order valence-electron chi connectivity index (χ0n) is 21.1. The molecule has 0 aromatic heterocycles. The van der Waals surface area contributed by atoms with Crippen LogP contribution in [-0.2, 0) is 9.47 Å². The summed E-state index contributed by atoms with van der Waals surface area (Å²) >= 11 is 6.14. The molecular formula is C28H21ClO10. The average molecular weight is 553 g/mol. The van der Waals surface area contributed by atoms with Crippen LogP contribution < -0.4 is 0 Å². The second kappa shape index (κ2) is 11.3. The summed E-state index contributed by atoms with van der Waals surface area (Å²) in [6, 6.07) is 8.42. The number of carbonyl (C=O) groups is 6. The van der Waals surface area contributed by atoms with Crippen molar-refractivity contribution in [3.8, 4) is 0 Å². The zero-order chi connectivity index (χ0) is 29.2. The lowest BCUT2D eigenvalue weighted by atomic mass is 9.99. The Balaban J connectivity index is 1.76. The van der Waals surface area contributed by atoms with Gasteiger partial charge in [0.1, 0.15) is 0 Å². The maximum absolute atomic E-state index is 12.6. The standard InChI is InChI=1S/C28H21ClO10/c1-12-7-17(23(30)31)8-13(2)21(12)27(36)38-25(34)16-5-6-19(20(29)11-16)26(35)39-28(37)22-14(3)9-18(24(32)33)10-15(22)4/h5-11H,1-4H3,(H,30,31)(H,32,33). The number of rotatable bonds is 6. The summed E-state index contributed by atoms with van der Waals surface area (Å²) in [5, 5.41) is 18.0. The minimum atomic E-state index is -1.18. The van der Waals surface area contributed by atoms with Crippen LogP contribution in [0.15, 0.2) is 42.5 Å². The highest BCUT2D eigenvalue weighted by Gasteiger charge is 2.24. The summed E-state index contributed by atoms with van der Waals surface area (Å²) in [5.41, 5.74) is 0.756. The highest BCUT2D eigenvalue weighted by Crippen LogP contribution is 2.24. The van der Waals surface area contributed by atoms with E-state index in [0.29, 0.717) is 22.3 Å². The summed E-state index contributed by atoms with van der Waals surface area (Å²) in [4.78, 5) is 72.8. The van der Waals surface area contributed by atoms with E-state index in [0.717, 1.165) is 18.2 Å². The Bertz CT molecular complexity index is 1540. The van der Waals surface area contributed by atoms with Gasteiger partial charge in [-0.15, -0.1) is 0 Å². The van der Waals surface area contributed by atoms with E-state index in [2.05, 4.69) is 0 Å². The third-order valence-electron chi connectivity index (χ3n) is 5.76. The van der Waals surface area contributed by atoms with Gasteiger partial charge in [0.25, 0.3) is 0 Å². The molecule has 0 bridgehead atoms. The van der Waals surface area contributed by atoms with Gasteiger partial charge in [-0.2, -0.15) is 0 Å². The number of carboxylic acids is 2. The zero-order valence-corrected chi connectivity index (χ0v) is 21.8. The molecule has 0 amide bonds. The predicted octanol–water partition coefficient (Wildman–Crippen LogP) is 4.96. The average Bonchev–Trinajstić information content (AvgIpc) is 2.82. The maximum atomic E-state index is 12.6. The Kier molecular flexibility index (Phi) is 8.31. The van der Waals surface area contributed by atoms with Crippen molar-refractivity contribution in [2.75, 3.05) is 0 Å². The fourth-order valence-electron chi connectivity index (χ4n) is 4.01. The molecule has 3 aromatic carbocycles. The minimum Gasteiger partial charge on any atom is -0.478 e. The minimum absolute atomic E-state index is 0.0187. The Morgan fingerprint density at radius 3 is 1.31 bits per heavy atom. The van der Waals surface area contributed by atoms with Gasteiger partial charge < -0.3 is 19.7 Å². The molecule has 3 rings (SSSR count). The molecule has 0 saturated heterocycles. The van der Waals surface area contributed by atoms with Gasteiger partial charge in [-0.25, -0.2) is 28.8 Å². The molecule has 39 heavy (non-hydrogen) atoms. The van der Waals surface area contributed by atoms with Crippen molar-refractivity contribution in [2.24, 2.45) is 0 Å². The van der Waals surface area contributed by atoms with Crippen LogP contribution in [0.3, 0.4) is 0 Å². The second-order valence-corrected chi connectivity index (χ2v) is 9.04. The molecule has 10 nitrogen and oxygen atoms in total. The second-order valence-electron chi connectivity index (χ2n) is 8.63. The van der Waals surface area contributed by atoms with Crippen molar-refractivity contribution in [2.45, 2.75) is 27.7 Å². The number of esters is 4. The van der Waals surface area contributed by atoms with Gasteiger partial charge in [0.05, 0.1) is 38.4 Å². The van der Waals surface area contributed by atoms with Gasteiger partial charge in [-0.3, -0.25) is 0 Å². The molecule has 11 heteroatoms. The first-order chi connectivity index (χ1) is 18.2. The smallest absolute Gasteiger partial charge is 0.347 e. The van der Waals surface area contributed by atoms with Crippen LogP contribution in [0.1, 0.15) is 84.4 Å². The first-order valence-corrected chi connectivity index (χ1v) is 11.6. The molecule has 3 aromatic rings. The molecule has 0 atom stereocenters. The molecule has 0 radical (unpaired) electrons. The summed E-state index contributed by atoms with van der Waals surface area (Å²) in [6.45, 7) is 6.00. The maximum Gasteiger partial charge on any atom is 0.347 e. The Labute approximate surface area is 226 Å². The van der Waals surface area contributed by atoms with Crippen LogP contribution in [0, 0.1) is 27.7 Å². The number of benzene rings is 3. The van der Waals surface area contributed by atoms with E-state index in [-0.39, 0.29) is 38.4 Å². The monoisotopic (exact) mass is 552 g/mol. The van der Waals surface area contributed by atoms with Crippen LogP contribution >= 0.6 is 11.6 Å². The third-order valence-corrected chi connectivity index (χ3v) is 6.08. The van der Waals surface area contributed by atoms with E-state index in [9.17, 15) is 28.8 Å². The van der Waals surface area contributed by atoms with Gasteiger partial charge in [-0.1, -0.05) is 11.6 Å². The molecule has 2 N–H and O–H groups in total. The van der Waals surface area contributed by atoms with Gasteiger partial charge in [0.15, 0.2) is 0 Å². The molecule has 0 heterocycles. The van der Waals surface area contributed by atoms with Gasteiger partial charge in [0, 0.05) is 0 Å². The van der Waals surface area contributed by atoms with Gasteiger partial charge in [-0.05, 0) is 92.4 Å². The molecule has 200 valence electrons. The fraction of sp³-hybridized carbons (Fsp3) is 0.143. The largest absolute Gasteiger partial charge is 0.478 e. The molecule has 0 saturated carbocycles. The molecule has 0 aliphatic carbocycles. The molecule has 0 fully saturated rings. The van der Waals surface area contributed by atoms with Crippen LogP contribution in [0.25, 0.3) is 0 Å². The number of ether oxygens (including phenoxy) is 2. The van der Waals surface area contributed by atoms with Crippen molar-refractivity contribution in [3.63, 3.8) is 0 Å². The van der Waals surface area contributed by atoms with Crippen LogP contribution in [-0.4, -0.2) is 46.0 Å². The predicted molar refractivity (Wildman–Crippen MR) is 137 cm³/mol. The molecule has 0 unspecified atom stereocenters. The topological polar surface area (TPSA) is 161 Å². The van der Waals surface area contributed by atoms with E-state index in [1.54, 1.807) is 0 Å². The van der Waals surface area contributed by atoms with Gasteiger partial charge >= 0.3 is 35.8 Å². The van der Waals surface area contributed by atoms with Crippen LogP contribution in [0.5, 0.6) is 0 Å². The SMILES string of the molecule is Cc1cc(C(=O)O)cc(C)c1C(=O)OC(=O)c1ccc(C(=O)OC(=O)c2c(C)cc(C(=O)O)cc2C)c(Cl)c1. The van der Waals surface area contributed by atoms with E-state index in [1.165, 1.54) is 52.0 Å². The van der Waals surface area contributed by atoms with E-state index in [4.69, 9.17) is 31.3 Å². The van der Waals surface area contributed by atoms with E-state index < -0.39 is 35.8 Å². The number of hydrogen-bond donors (Lipinski definition) is 2. The highest BCUT2D eigenvalue weighted by molar-refractivity contribution is 6.34. The first kappa shape index (κ1) is 28.7. The van der Waals surface area contributed by atoms with Gasteiger partial charge in [0.2, 0.25) is 0 Å². The lowest BCUT2D eigenvalue weighted by Crippen LogP contribution is -2.17. The molecule has 0 aliphatic heterocycles. The summed E-state index contributed by atoms with van der Waals surface area (Å²) in [5.74, 6) is -6.57. The van der Waals surface area contributed by atoms with Crippen molar-refractivity contribution in [1.29, 1.82) is 0 Å². The van der Waals surface area contributed by atoms with Crippen LogP contribution in [0.4, 0.5) is 0 Å². The van der Waals surface area contributed by atoms with Crippen molar-refractivity contribution >= 4 is 47.4 Å². The van der Waals surface area contributed by atoms with E-state index >= 15 is 0 Å². The molecular weight excluding hydrogens is 532 g/mol. The number of carboxylic acid groups (broad SMARTS) is 2. The van der Waals surface area contributed by atoms with Crippen molar-refractivity contribution < 1.29 is 48.5 Å². The number of aryl methyl sites for hydroxylation is 4. The Morgan fingerprint density at radius 2 is 0.949 bits per heavy atom. The Hall–Kier alpha value is -4.83. The number of carbonyl (C=O) groups excluding carboxylic acids is 4. The number of hydrogen-bond acceptors (Lipinski definition) is 8. The summed E-state index contributed by atoms with van der Waals surface area (Å²) in [7, 11) is 0. The summed E-state index contributed by atoms with van der Waals surface area (Å²) in [6.07, 6.45) is 0. The van der Waals surface area contributed by atoms with E-state index in [1.807, 2.05) is 0 Å². The Morgan fingerprint density at radius 1 is 0.564 bits per heavy atom. The van der Waals surface area contributed by atoms with Crippen molar-refractivity contribution in [1.82, 2.24) is 0 Å². The summed E-state index contributed by atoms with van der Waals surface area (Å²) < 4.78 is 9.84. The normalized spacial score (nSPS) is 10.5. The highest BCUT2D eigenvalue weighted by atomic mass is 35.5. The number of aromatic carboxylic acids is 2. The lowest BCUT2D eigenvalue weighted by Gasteiger charge is -2.12. The quantitative estimate of drug-likeness (QED) is 0.315.